The van der Waals surface area contributed by atoms with Crippen molar-refractivity contribution in [1.29, 1.82) is 0 Å². The van der Waals surface area contributed by atoms with Gasteiger partial charge in [0, 0.05) is 12.0 Å². The number of hydrogen-bond donors (Lipinski definition) is 2. The SMILES string of the molecule is CC1(C)Oc2ccc(C(=O)CCC(=O)O)cc2NC1=O. The first-order valence-electron chi connectivity index (χ1n) is 6.19. The number of hydrogen-bond acceptors (Lipinski definition) is 4. The third-order valence-corrected chi connectivity index (χ3v) is 3.03. The Bertz CT molecular complexity index is 591. The zero-order valence-electron chi connectivity index (χ0n) is 11.2. The molecule has 0 radical (unpaired) electrons. The van der Waals surface area contributed by atoms with Crippen LogP contribution in [0.3, 0.4) is 0 Å². The summed E-state index contributed by atoms with van der Waals surface area (Å²) in [6, 6.07) is 4.67. The first-order chi connectivity index (χ1) is 9.29. The van der Waals surface area contributed by atoms with Crippen LogP contribution in [-0.4, -0.2) is 28.4 Å². The van der Waals surface area contributed by atoms with Gasteiger partial charge in [-0.15, -0.1) is 0 Å². The third kappa shape index (κ3) is 2.79. The van der Waals surface area contributed by atoms with Crippen LogP contribution in [0.15, 0.2) is 18.2 Å². The van der Waals surface area contributed by atoms with Gasteiger partial charge in [-0.1, -0.05) is 0 Å². The number of carbonyl (C=O) groups is 3. The summed E-state index contributed by atoms with van der Waals surface area (Å²) < 4.78 is 5.55. The molecule has 0 unspecified atom stereocenters. The smallest absolute Gasteiger partial charge is 0.303 e. The van der Waals surface area contributed by atoms with Crippen LogP contribution in [-0.2, 0) is 9.59 Å². The van der Waals surface area contributed by atoms with Gasteiger partial charge in [-0.3, -0.25) is 14.4 Å². The van der Waals surface area contributed by atoms with Crippen molar-refractivity contribution in [3.05, 3.63) is 23.8 Å². The number of carbonyl (C=O) groups excluding carboxylic acids is 2. The predicted octanol–water partition coefficient (Wildman–Crippen LogP) is 1.84. The highest BCUT2D eigenvalue weighted by Crippen LogP contribution is 2.34. The van der Waals surface area contributed by atoms with E-state index in [-0.39, 0.29) is 24.5 Å². The number of anilines is 1. The van der Waals surface area contributed by atoms with Gasteiger partial charge in [0.05, 0.1) is 12.1 Å². The van der Waals surface area contributed by atoms with Crippen molar-refractivity contribution in [2.45, 2.75) is 32.3 Å². The number of benzene rings is 1. The van der Waals surface area contributed by atoms with Crippen molar-refractivity contribution in [3.63, 3.8) is 0 Å². The lowest BCUT2D eigenvalue weighted by Crippen LogP contribution is -2.45. The highest BCUT2D eigenvalue weighted by atomic mass is 16.5. The van der Waals surface area contributed by atoms with Gasteiger partial charge >= 0.3 is 5.97 Å². The molecule has 2 N–H and O–H groups in total. The number of Topliss-reactive ketones (excluding diaryl/α,β-unsaturated/α-hetero) is 1. The highest BCUT2D eigenvalue weighted by molar-refractivity contribution is 6.03. The van der Waals surface area contributed by atoms with Gasteiger partial charge < -0.3 is 15.2 Å². The molecule has 0 aromatic heterocycles. The van der Waals surface area contributed by atoms with Crippen molar-refractivity contribution in [1.82, 2.24) is 0 Å². The van der Waals surface area contributed by atoms with Crippen molar-refractivity contribution < 1.29 is 24.2 Å². The zero-order valence-corrected chi connectivity index (χ0v) is 11.2. The average Bonchev–Trinajstić information content (AvgIpc) is 2.36. The molecule has 6 nitrogen and oxygen atoms in total. The van der Waals surface area contributed by atoms with Gasteiger partial charge in [-0.25, -0.2) is 0 Å². The fourth-order valence-electron chi connectivity index (χ4n) is 1.85. The summed E-state index contributed by atoms with van der Waals surface area (Å²) in [6.45, 7) is 3.30. The number of nitrogens with one attached hydrogen (secondary N) is 1. The molecule has 1 aliphatic heterocycles. The Balaban J connectivity index is 2.21. The lowest BCUT2D eigenvalue weighted by atomic mass is 10.0. The molecular weight excluding hydrogens is 262 g/mol. The van der Waals surface area contributed by atoms with E-state index in [2.05, 4.69) is 5.32 Å². The normalized spacial score (nSPS) is 15.8. The first kappa shape index (κ1) is 14.0. The molecule has 0 atom stereocenters. The van der Waals surface area contributed by atoms with E-state index in [0.29, 0.717) is 17.0 Å². The van der Waals surface area contributed by atoms with E-state index in [1.54, 1.807) is 26.0 Å². The Morgan fingerprint density at radius 1 is 1.30 bits per heavy atom. The number of aliphatic carboxylic acids is 1. The minimum absolute atomic E-state index is 0.0750. The van der Waals surface area contributed by atoms with Crippen LogP contribution < -0.4 is 10.1 Å². The Hall–Kier alpha value is -2.37. The molecule has 106 valence electrons. The van der Waals surface area contributed by atoms with E-state index in [9.17, 15) is 14.4 Å². The van der Waals surface area contributed by atoms with Gasteiger partial charge in [0.2, 0.25) is 0 Å². The second-order valence-corrected chi connectivity index (χ2v) is 5.09. The van der Waals surface area contributed by atoms with Crippen LogP contribution in [0.2, 0.25) is 0 Å². The Kier molecular flexibility index (Phi) is 3.48. The maximum Gasteiger partial charge on any atom is 0.303 e. The number of ketones is 1. The largest absolute Gasteiger partial charge is 0.481 e. The monoisotopic (exact) mass is 277 g/mol. The van der Waals surface area contributed by atoms with Crippen molar-refractivity contribution in [2.24, 2.45) is 0 Å². The van der Waals surface area contributed by atoms with Crippen molar-refractivity contribution in [3.8, 4) is 5.75 Å². The third-order valence-electron chi connectivity index (χ3n) is 3.03. The molecule has 1 heterocycles. The molecule has 1 amide bonds. The summed E-state index contributed by atoms with van der Waals surface area (Å²) in [5.74, 6) is -1.10. The molecule has 6 heteroatoms. The minimum Gasteiger partial charge on any atom is -0.481 e. The molecule has 20 heavy (non-hydrogen) atoms. The minimum atomic E-state index is -1.02. The molecule has 2 rings (SSSR count). The van der Waals surface area contributed by atoms with Gasteiger partial charge in [-0.2, -0.15) is 0 Å². The molecule has 0 aliphatic carbocycles. The standard InChI is InChI=1S/C14H15NO5/c1-14(2)13(19)15-9-7-8(3-5-11(9)20-14)10(16)4-6-12(17)18/h3,5,7H,4,6H2,1-2H3,(H,15,19)(H,17,18). The maximum atomic E-state index is 11.8. The Morgan fingerprint density at radius 2 is 2.00 bits per heavy atom. The zero-order chi connectivity index (χ0) is 14.9. The van der Waals surface area contributed by atoms with Crippen LogP contribution in [0.5, 0.6) is 5.75 Å². The topological polar surface area (TPSA) is 92.7 Å². The lowest BCUT2D eigenvalue weighted by Gasteiger charge is -2.31. The van der Waals surface area contributed by atoms with Crippen LogP contribution in [0, 0.1) is 0 Å². The summed E-state index contributed by atoms with van der Waals surface area (Å²) in [5, 5.41) is 11.2. The number of carboxylic acids is 1. The highest BCUT2D eigenvalue weighted by Gasteiger charge is 2.35. The first-order valence-corrected chi connectivity index (χ1v) is 6.19. The summed E-state index contributed by atoms with van der Waals surface area (Å²) in [4.78, 5) is 34.1. The van der Waals surface area contributed by atoms with E-state index >= 15 is 0 Å². The summed E-state index contributed by atoms with van der Waals surface area (Å²) in [5.41, 5.74) is -0.175. The van der Waals surface area contributed by atoms with Gasteiger partial charge in [0.15, 0.2) is 11.4 Å². The number of fused-ring (bicyclic) bond motifs is 1. The lowest BCUT2D eigenvalue weighted by molar-refractivity contribution is -0.137. The second-order valence-electron chi connectivity index (χ2n) is 5.09. The van der Waals surface area contributed by atoms with Crippen molar-refractivity contribution >= 4 is 23.3 Å². The van der Waals surface area contributed by atoms with Crippen LogP contribution in [0.1, 0.15) is 37.0 Å². The number of amides is 1. The Morgan fingerprint density at radius 3 is 2.65 bits per heavy atom. The van der Waals surface area contributed by atoms with E-state index in [4.69, 9.17) is 9.84 Å². The van der Waals surface area contributed by atoms with Crippen LogP contribution in [0.25, 0.3) is 0 Å². The van der Waals surface area contributed by atoms with E-state index in [1.165, 1.54) is 6.07 Å². The fourth-order valence-corrected chi connectivity index (χ4v) is 1.85. The number of carboxylic acid groups (broad SMARTS) is 1. The molecule has 0 saturated heterocycles. The predicted molar refractivity (Wildman–Crippen MR) is 71.0 cm³/mol. The van der Waals surface area contributed by atoms with Crippen molar-refractivity contribution in [2.75, 3.05) is 5.32 Å². The van der Waals surface area contributed by atoms with E-state index in [1.807, 2.05) is 0 Å². The van der Waals surface area contributed by atoms with Gasteiger partial charge in [0.1, 0.15) is 5.75 Å². The molecule has 0 fully saturated rings. The Labute approximate surface area is 115 Å². The molecule has 1 aromatic carbocycles. The molecular formula is C14H15NO5. The van der Waals surface area contributed by atoms with Crippen LogP contribution in [0.4, 0.5) is 5.69 Å². The van der Waals surface area contributed by atoms with E-state index in [0.717, 1.165) is 0 Å². The number of rotatable bonds is 4. The average molecular weight is 277 g/mol. The number of ether oxygens (including phenoxy) is 1. The maximum absolute atomic E-state index is 11.8. The summed E-state index contributed by atoms with van der Waals surface area (Å²) in [7, 11) is 0. The summed E-state index contributed by atoms with van der Waals surface area (Å²) in [6.07, 6.45) is -0.291. The molecule has 0 spiro atoms. The fraction of sp³-hybridized carbons (Fsp3) is 0.357. The molecule has 0 bridgehead atoms. The molecule has 0 saturated carbocycles. The van der Waals surface area contributed by atoms with Gasteiger partial charge in [-0.05, 0) is 32.0 Å². The molecule has 1 aromatic rings. The summed E-state index contributed by atoms with van der Waals surface area (Å²) >= 11 is 0. The molecule has 1 aliphatic rings. The van der Waals surface area contributed by atoms with E-state index < -0.39 is 11.6 Å². The second kappa shape index (κ2) is 4.96. The quantitative estimate of drug-likeness (QED) is 0.819. The van der Waals surface area contributed by atoms with Gasteiger partial charge in [0.25, 0.3) is 5.91 Å². The van der Waals surface area contributed by atoms with Crippen LogP contribution >= 0.6 is 0 Å².